The highest BCUT2D eigenvalue weighted by Gasteiger charge is 2.06. The SMILES string of the molecule is CCNC(=NCc1sc(C)nc1C)NCCS(=O)c1ccccc1.I. The van der Waals surface area contributed by atoms with Gasteiger partial charge in [0.15, 0.2) is 5.96 Å². The second-order valence-electron chi connectivity index (χ2n) is 5.23. The summed E-state index contributed by atoms with van der Waals surface area (Å²) in [5.74, 6) is 1.29. The number of guanidine groups is 1. The van der Waals surface area contributed by atoms with Gasteiger partial charge in [0.25, 0.3) is 0 Å². The van der Waals surface area contributed by atoms with Gasteiger partial charge < -0.3 is 10.6 Å². The zero-order valence-electron chi connectivity index (χ0n) is 14.7. The third-order valence-electron chi connectivity index (χ3n) is 3.31. The molecule has 0 spiro atoms. The molecule has 138 valence electrons. The Labute approximate surface area is 173 Å². The number of hydrogen-bond donors (Lipinski definition) is 2. The molecule has 0 aliphatic rings. The molecule has 0 saturated heterocycles. The molecule has 0 bridgehead atoms. The Balaban J connectivity index is 0.00000312. The molecule has 1 atom stereocenters. The van der Waals surface area contributed by atoms with Crippen LogP contribution in [0.1, 0.15) is 22.5 Å². The Hall–Kier alpha value is -1.000. The van der Waals surface area contributed by atoms with Crippen LogP contribution in [0, 0.1) is 13.8 Å². The summed E-state index contributed by atoms with van der Waals surface area (Å²) < 4.78 is 12.2. The average molecular weight is 492 g/mol. The molecule has 1 unspecified atom stereocenters. The van der Waals surface area contributed by atoms with Crippen LogP contribution in [0.25, 0.3) is 0 Å². The van der Waals surface area contributed by atoms with Crippen LogP contribution in [0.15, 0.2) is 40.2 Å². The van der Waals surface area contributed by atoms with Gasteiger partial charge in [0, 0.05) is 28.6 Å². The predicted octanol–water partition coefficient (Wildman–Crippen LogP) is 3.24. The first-order valence-electron chi connectivity index (χ1n) is 7.98. The quantitative estimate of drug-likeness (QED) is 0.354. The van der Waals surface area contributed by atoms with E-state index in [-0.39, 0.29) is 24.0 Å². The highest BCUT2D eigenvalue weighted by Crippen LogP contribution is 2.17. The molecule has 2 rings (SSSR count). The smallest absolute Gasteiger partial charge is 0.191 e. The molecular formula is C17H25IN4OS2. The van der Waals surface area contributed by atoms with E-state index in [2.05, 4.69) is 20.6 Å². The van der Waals surface area contributed by atoms with Crippen LogP contribution in [-0.2, 0) is 17.3 Å². The summed E-state index contributed by atoms with van der Waals surface area (Å²) in [7, 11) is -0.997. The molecule has 2 N–H and O–H groups in total. The van der Waals surface area contributed by atoms with Crippen molar-refractivity contribution in [3.8, 4) is 0 Å². The van der Waals surface area contributed by atoms with E-state index in [4.69, 9.17) is 0 Å². The van der Waals surface area contributed by atoms with E-state index >= 15 is 0 Å². The zero-order chi connectivity index (χ0) is 17.4. The standard InChI is InChI=1S/C17H24N4OS2.HI/c1-4-18-17(20-12-16-13(2)21-14(3)23-16)19-10-11-24(22)15-8-6-5-7-9-15;/h5-9H,4,10-12H2,1-3H3,(H2,18,19,20);1H. The summed E-state index contributed by atoms with van der Waals surface area (Å²) in [5, 5.41) is 7.53. The minimum absolute atomic E-state index is 0. The lowest BCUT2D eigenvalue weighted by molar-refractivity contribution is 0.681. The molecule has 0 fully saturated rings. The number of nitrogens with one attached hydrogen (secondary N) is 2. The maximum atomic E-state index is 12.2. The number of hydrogen-bond acceptors (Lipinski definition) is 4. The second-order valence-corrected chi connectivity index (χ2v) is 8.08. The van der Waals surface area contributed by atoms with E-state index in [1.165, 1.54) is 4.88 Å². The average Bonchev–Trinajstić information content (AvgIpc) is 2.91. The topological polar surface area (TPSA) is 66.4 Å². The van der Waals surface area contributed by atoms with Gasteiger partial charge in [0.05, 0.1) is 28.0 Å². The van der Waals surface area contributed by atoms with Crippen molar-refractivity contribution in [2.45, 2.75) is 32.2 Å². The van der Waals surface area contributed by atoms with Gasteiger partial charge >= 0.3 is 0 Å². The Morgan fingerprint density at radius 2 is 1.96 bits per heavy atom. The summed E-state index contributed by atoms with van der Waals surface area (Å²) in [5.41, 5.74) is 1.04. The number of aryl methyl sites for hydroxylation is 2. The molecular weight excluding hydrogens is 467 g/mol. The van der Waals surface area contributed by atoms with Crippen LogP contribution in [0.3, 0.4) is 0 Å². The second kappa shape index (κ2) is 11.6. The fraction of sp³-hybridized carbons (Fsp3) is 0.412. The Morgan fingerprint density at radius 3 is 2.56 bits per heavy atom. The van der Waals surface area contributed by atoms with Crippen molar-refractivity contribution < 1.29 is 4.21 Å². The van der Waals surface area contributed by atoms with Crippen LogP contribution in [0.4, 0.5) is 0 Å². The Kier molecular flexibility index (Phi) is 10.2. The Morgan fingerprint density at radius 1 is 1.24 bits per heavy atom. The van der Waals surface area contributed by atoms with Crippen LogP contribution < -0.4 is 10.6 Å². The van der Waals surface area contributed by atoms with Crippen molar-refractivity contribution in [3.05, 3.63) is 45.9 Å². The molecule has 0 amide bonds. The van der Waals surface area contributed by atoms with Crippen molar-refractivity contribution in [3.63, 3.8) is 0 Å². The molecule has 5 nitrogen and oxygen atoms in total. The van der Waals surface area contributed by atoms with Gasteiger partial charge in [-0.05, 0) is 32.9 Å². The fourth-order valence-corrected chi connectivity index (χ4v) is 4.01. The number of nitrogens with zero attached hydrogens (tertiary/aromatic N) is 2. The van der Waals surface area contributed by atoms with Gasteiger partial charge in [0.2, 0.25) is 0 Å². The van der Waals surface area contributed by atoms with Gasteiger partial charge in [-0.15, -0.1) is 35.3 Å². The molecule has 0 radical (unpaired) electrons. The summed E-state index contributed by atoms with van der Waals surface area (Å²) in [4.78, 5) is 11.1. The van der Waals surface area contributed by atoms with Gasteiger partial charge in [-0.1, -0.05) is 18.2 Å². The lowest BCUT2D eigenvalue weighted by Gasteiger charge is -2.11. The molecule has 8 heteroatoms. The van der Waals surface area contributed by atoms with Crippen LogP contribution in [0.2, 0.25) is 0 Å². The maximum absolute atomic E-state index is 12.2. The molecule has 1 aromatic heterocycles. The van der Waals surface area contributed by atoms with Crippen molar-refractivity contribution in [1.82, 2.24) is 15.6 Å². The third-order valence-corrected chi connectivity index (χ3v) is 5.74. The number of benzene rings is 1. The van der Waals surface area contributed by atoms with Gasteiger partial charge in [-0.3, -0.25) is 4.21 Å². The minimum Gasteiger partial charge on any atom is -0.357 e. The monoisotopic (exact) mass is 492 g/mol. The number of aromatic nitrogens is 1. The van der Waals surface area contributed by atoms with Gasteiger partial charge in [-0.25, -0.2) is 9.98 Å². The molecule has 2 aromatic rings. The first-order valence-corrected chi connectivity index (χ1v) is 10.1. The third kappa shape index (κ3) is 7.41. The van der Waals surface area contributed by atoms with Crippen molar-refractivity contribution in [2.24, 2.45) is 4.99 Å². The van der Waals surface area contributed by atoms with Crippen molar-refractivity contribution >= 4 is 52.1 Å². The molecule has 0 aliphatic heterocycles. The first kappa shape index (κ1) is 22.0. The molecule has 25 heavy (non-hydrogen) atoms. The number of halogens is 1. The fourth-order valence-electron chi connectivity index (χ4n) is 2.17. The lowest BCUT2D eigenvalue weighted by atomic mass is 10.4. The Bertz CT molecular complexity index is 704. The number of rotatable bonds is 7. The first-order chi connectivity index (χ1) is 11.6. The van der Waals surface area contributed by atoms with Crippen LogP contribution in [-0.4, -0.2) is 34.0 Å². The number of thiazole rings is 1. The van der Waals surface area contributed by atoms with Gasteiger partial charge in [-0.2, -0.15) is 0 Å². The predicted molar refractivity (Wildman–Crippen MR) is 118 cm³/mol. The van der Waals surface area contributed by atoms with E-state index in [0.717, 1.165) is 28.1 Å². The number of aliphatic imine (C=N–C) groups is 1. The van der Waals surface area contributed by atoms with Gasteiger partial charge in [0.1, 0.15) is 0 Å². The largest absolute Gasteiger partial charge is 0.357 e. The molecule has 0 aliphatic carbocycles. The summed E-state index contributed by atoms with van der Waals surface area (Å²) >= 11 is 1.68. The summed E-state index contributed by atoms with van der Waals surface area (Å²) in [6.07, 6.45) is 0. The zero-order valence-corrected chi connectivity index (χ0v) is 18.7. The maximum Gasteiger partial charge on any atom is 0.191 e. The van der Waals surface area contributed by atoms with Crippen molar-refractivity contribution in [1.29, 1.82) is 0 Å². The lowest BCUT2D eigenvalue weighted by Crippen LogP contribution is -2.39. The van der Waals surface area contributed by atoms with Crippen LogP contribution in [0.5, 0.6) is 0 Å². The summed E-state index contributed by atoms with van der Waals surface area (Å²) in [6.45, 7) is 8.04. The highest BCUT2D eigenvalue weighted by molar-refractivity contribution is 14.0. The van der Waals surface area contributed by atoms with E-state index in [1.54, 1.807) is 11.3 Å². The molecule has 1 heterocycles. The highest BCUT2D eigenvalue weighted by atomic mass is 127. The van der Waals surface area contributed by atoms with E-state index < -0.39 is 10.8 Å². The molecule has 1 aromatic carbocycles. The summed E-state index contributed by atoms with van der Waals surface area (Å²) in [6, 6.07) is 9.53. The minimum atomic E-state index is -0.997. The molecule has 0 saturated carbocycles. The van der Waals surface area contributed by atoms with E-state index in [1.807, 2.05) is 51.1 Å². The normalized spacial score (nSPS) is 12.4. The van der Waals surface area contributed by atoms with Crippen molar-refractivity contribution in [2.75, 3.05) is 18.8 Å². The van der Waals surface area contributed by atoms with E-state index in [9.17, 15) is 4.21 Å². The van der Waals surface area contributed by atoms with Crippen LogP contribution >= 0.6 is 35.3 Å². The van der Waals surface area contributed by atoms with E-state index in [0.29, 0.717) is 18.8 Å².